The van der Waals surface area contributed by atoms with Gasteiger partial charge in [-0.15, -0.1) is 0 Å². The van der Waals surface area contributed by atoms with Crippen molar-refractivity contribution >= 4 is 0 Å². The Labute approximate surface area is 663 Å². The zero-order valence-corrected chi connectivity index (χ0v) is 74.4. The number of ether oxygens (including phenoxy) is 6. The Balaban J connectivity index is -0.0000000606. The zero-order chi connectivity index (χ0) is 76.8. The molecule has 0 aliphatic carbocycles. The first-order chi connectivity index (χ1) is 47.4. The Morgan fingerprint density at radius 1 is 0.194 bits per heavy atom. The molecule has 0 atom stereocenters. The number of nitrogens with zero attached hydrogens (tertiary/aromatic N) is 2. The van der Waals surface area contributed by atoms with Crippen molar-refractivity contribution in [2.24, 2.45) is 11.8 Å². The molecule has 650 valence electrons. The average Bonchev–Trinajstić information content (AvgIpc) is 0.876. The van der Waals surface area contributed by atoms with Crippen molar-refractivity contribution in [3.05, 3.63) is 0 Å². The summed E-state index contributed by atoms with van der Waals surface area (Å²) in [5.41, 5.74) is 0. The Hall–Kier alpha value is -0.360. The molecule has 0 fully saturated rings. The van der Waals surface area contributed by atoms with Gasteiger partial charge in [0.1, 0.15) is 0 Å². The topological polar surface area (TPSA) is 75.6 Å². The normalized spacial score (nSPS) is 9.96. The van der Waals surface area contributed by atoms with Crippen LogP contribution >= 0.6 is 0 Å². The predicted molar refractivity (Wildman–Crippen MR) is 485 cm³/mol. The summed E-state index contributed by atoms with van der Waals surface area (Å²) in [6.45, 7) is 70.9. The van der Waals surface area contributed by atoms with Gasteiger partial charge in [0.05, 0.1) is 53.9 Å². The van der Waals surface area contributed by atoms with E-state index < -0.39 is 0 Å². The highest BCUT2D eigenvalue weighted by atomic mass is 16.5. The van der Waals surface area contributed by atoms with Crippen molar-refractivity contribution in [3.63, 3.8) is 0 Å². The van der Waals surface area contributed by atoms with Crippen molar-refractivity contribution in [2.75, 3.05) is 140 Å². The van der Waals surface area contributed by atoms with Crippen LogP contribution in [-0.4, -0.2) is 154 Å². The van der Waals surface area contributed by atoms with E-state index in [0.717, 1.165) is 174 Å². The highest BCUT2D eigenvalue weighted by molar-refractivity contribution is 4.61. The van der Waals surface area contributed by atoms with Gasteiger partial charge in [0.2, 0.25) is 0 Å². The Kier molecular flexibility index (Phi) is 202. The third-order valence-corrected chi connectivity index (χ3v) is 16.1. The van der Waals surface area contributed by atoms with Crippen LogP contribution in [0.1, 0.15) is 473 Å². The van der Waals surface area contributed by atoms with Gasteiger partial charge in [-0.05, 0) is 127 Å². The highest BCUT2D eigenvalue weighted by Crippen LogP contribution is 2.18. The maximum absolute atomic E-state index is 8.07. The molecule has 0 aliphatic heterocycles. The van der Waals surface area contributed by atoms with Crippen LogP contribution in [0.25, 0.3) is 0 Å². The Bertz CT molecular complexity index is 938. The minimum atomic E-state index is 0. The summed E-state index contributed by atoms with van der Waals surface area (Å²) in [6, 6.07) is 0. The first-order valence-electron chi connectivity index (χ1n) is 44.1. The lowest BCUT2D eigenvalue weighted by Crippen LogP contribution is -2.50. The monoisotopic (exact) mass is 1490 g/mol. The van der Waals surface area contributed by atoms with Gasteiger partial charge in [-0.2, -0.15) is 0 Å². The van der Waals surface area contributed by atoms with Crippen LogP contribution in [0, 0.1) is 11.8 Å². The molecule has 0 spiro atoms. The van der Waals surface area contributed by atoms with Crippen LogP contribution in [0.4, 0.5) is 0 Å². The number of aliphatic hydroxyl groups excluding tert-OH is 1. The number of unbranched alkanes of at least 4 members (excludes halogenated alkanes) is 18. The molecule has 0 aromatic heterocycles. The fraction of sp³-hybridized carbons (Fsp3) is 1.00. The van der Waals surface area contributed by atoms with Crippen LogP contribution in [-0.2, 0) is 28.4 Å². The van der Waals surface area contributed by atoms with Crippen LogP contribution < -0.4 is 0 Å². The van der Waals surface area contributed by atoms with E-state index in [1.54, 1.807) is 0 Å². The molecule has 0 unspecified atom stereocenters. The van der Waals surface area contributed by atoms with Gasteiger partial charge in [0.15, 0.2) is 0 Å². The Morgan fingerprint density at radius 3 is 0.456 bits per heavy atom. The van der Waals surface area contributed by atoms with Gasteiger partial charge >= 0.3 is 0 Å². The molecule has 0 rings (SSSR count). The van der Waals surface area contributed by atoms with E-state index in [9.17, 15) is 0 Å². The average molecular weight is 1490 g/mol. The van der Waals surface area contributed by atoms with E-state index in [1.165, 1.54) is 217 Å². The number of hydrogen-bond donors (Lipinski definition) is 1. The molecule has 9 nitrogen and oxygen atoms in total. The van der Waals surface area contributed by atoms with Gasteiger partial charge < -0.3 is 42.5 Å². The van der Waals surface area contributed by atoms with Crippen LogP contribution in [0.3, 0.4) is 0 Å². The van der Waals surface area contributed by atoms with Gasteiger partial charge in [-0.1, -0.05) is 357 Å². The van der Waals surface area contributed by atoms with E-state index >= 15 is 0 Å². The quantitative estimate of drug-likeness (QED) is 0.0480. The Morgan fingerprint density at radius 2 is 0.359 bits per heavy atom. The summed E-state index contributed by atoms with van der Waals surface area (Å²) >= 11 is 0. The molecule has 0 bridgehead atoms. The fourth-order valence-corrected chi connectivity index (χ4v) is 8.99. The molecule has 0 radical (unpaired) electrons. The summed E-state index contributed by atoms with van der Waals surface area (Å²) < 4.78 is 36.0. The number of rotatable bonds is 59. The largest absolute Gasteiger partial charge is 0.396 e. The molecule has 0 saturated carbocycles. The molecular weight excluding hydrogens is 1270 g/mol. The predicted octanol–water partition coefficient (Wildman–Crippen LogP) is 31.7. The first kappa shape index (κ1) is 141. The molecule has 0 aromatic carbocycles. The van der Waals surface area contributed by atoms with Gasteiger partial charge in [-0.3, -0.25) is 0 Å². The van der Waals surface area contributed by atoms with E-state index in [1.807, 2.05) is 0 Å². The van der Waals surface area contributed by atoms with Crippen LogP contribution in [0.5, 0.6) is 0 Å². The lowest BCUT2D eigenvalue weighted by molar-refractivity contribution is -0.929. The first-order valence-corrected chi connectivity index (χ1v) is 44.1. The minimum absolute atomic E-state index is 0. The zero-order valence-electron chi connectivity index (χ0n) is 74.4. The number of quaternary nitrogens is 2. The minimum Gasteiger partial charge on any atom is -0.396 e. The number of aliphatic hydroxyl groups is 1. The van der Waals surface area contributed by atoms with Crippen molar-refractivity contribution in [1.82, 2.24) is 0 Å². The molecule has 9 heteroatoms. The second kappa shape index (κ2) is 147. The maximum Gasteiger partial charge on any atom is 0.0786 e. The van der Waals surface area contributed by atoms with Crippen molar-refractivity contribution in [3.8, 4) is 0 Å². The molecular formula is C94H224N2O7+2. The lowest BCUT2D eigenvalue weighted by atomic mass is 9.99. The van der Waals surface area contributed by atoms with E-state index in [4.69, 9.17) is 33.5 Å². The molecule has 0 saturated heterocycles. The standard InChI is InChI=1S/C16H36N.2C16H34O3.C7H18N.2C6H14.2C5H12.C4H10O.2C4H10.5CH4/c1-5-9-13-17(14-10-6-2,15-11-7-3)16-12-8-4;2*1-4-10-17-13-7-16(8-14-18-11-5-2)9-15-19-12-6-3;1-5-6-7-8(2,3)4;2*1-3-5-6-4-2;2*1-3-5-4-2;1-2-3-4-5;2*1-3-4-2;;;;;/h5-16H2,1-4H3;2*16H,4-15H2,1-3H3;5-7H2,1-4H3;2*3-6H2,1-2H3;2*3-5H2,1-2H3;5H,2-4H2,1H3;2*3-4H2,1-2H3;5*1H4/q+1;;;+1;;;;;;;;;;;;. The molecule has 1 N–H and O–H groups in total. The van der Waals surface area contributed by atoms with Crippen molar-refractivity contribution in [1.29, 1.82) is 0 Å². The molecule has 0 heterocycles. The van der Waals surface area contributed by atoms with E-state index in [2.05, 4.69) is 187 Å². The van der Waals surface area contributed by atoms with Crippen LogP contribution in [0.15, 0.2) is 0 Å². The molecule has 103 heavy (non-hydrogen) atoms. The van der Waals surface area contributed by atoms with E-state index in [-0.39, 0.29) is 37.1 Å². The smallest absolute Gasteiger partial charge is 0.0786 e. The summed E-state index contributed by atoms with van der Waals surface area (Å²) in [7, 11) is 6.70. The summed E-state index contributed by atoms with van der Waals surface area (Å²) in [5, 5.41) is 8.07. The second-order valence-corrected chi connectivity index (χ2v) is 28.4. The third kappa shape index (κ3) is 181. The summed E-state index contributed by atoms with van der Waals surface area (Å²) in [4.78, 5) is 0. The third-order valence-electron chi connectivity index (χ3n) is 16.1. The van der Waals surface area contributed by atoms with Crippen molar-refractivity contribution < 1.29 is 42.5 Å². The number of hydrogen-bond acceptors (Lipinski definition) is 7. The van der Waals surface area contributed by atoms with E-state index in [0.29, 0.717) is 18.4 Å². The van der Waals surface area contributed by atoms with Crippen molar-refractivity contribution in [2.45, 2.75) is 473 Å². The SMILES string of the molecule is C.C.C.C.C.CCCC.CCCC.CCCCC.CCCCC.CCCCCC.CCCCCC.CCCCO.CCCC[N+](C)(C)C.CCCC[N+](CCCC)(CCCC)CCCC.CCCOCCC(CCOCCC)CCOCCC.CCCOCCC(CCOCCC)CCOCCC. The van der Waals surface area contributed by atoms with Gasteiger partial charge in [0.25, 0.3) is 0 Å². The molecule has 0 amide bonds. The molecule has 0 aliphatic rings. The van der Waals surface area contributed by atoms with Gasteiger partial charge in [0, 0.05) is 85.9 Å². The summed E-state index contributed by atoms with van der Waals surface area (Å²) in [5.74, 6) is 1.34. The van der Waals surface area contributed by atoms with Gasteiger partial charge in [-0.25, -0.2) is 0 Å². The second-order valence-electron chi connectivity index (χ2n) is 28.4. The highest BCUT2D eigenvalue weighted by Gasteiger charge is 2.24. The van der Waals surface area contributed by atoms with Crippen LogP contribution in [0.2, 0.25) is 0 Å². The maximum atomic E-state index is 8.07. The molecule has 0 aromatic rings. The lowest BCUT2D eigenvalue weighted by Gasteiger charge is -2.39. The summed E-state index contributed by atoms with van der Waals surface area (Å²) in [6.07, 6.45) is 53.7. The fourth-order valence-electron chi connectivity index (χ4n) is 8.99.